The van der Waals surface area contributed by atoms with E-state index in [1.165, 1.54) is 41.6 Å². The molecule has 6 heteroatoms. The molecule has 0 unspecified atom stereocenters. The van der Waals surface area contributed by atoms with Gasteiger partial charge in [-0.2, -0.15) is 13.2 Å². The van der Waals surface area contributed by atoms with Crippen molar-refractivity contribution in [1.29, 1.82) is 0 Å². The van der Waals surface area contributed by atoms with Crippen LogP contribution >= 0.6 is 11.8 Å². The molecule has 0 bridgehead atoms. The van der Waals surface area contributed by atoms with Crippen molar-refractivity contribution in [2.75, 3.05) is 0 Å². The van der Waals surface area contributed by atoms with E-state index in [9.17, 15) is 17.6 Å². The maximum absolute atomic E-state index is 13.1. The monoisotopic (exact) mass is 443 g/mol. The first-order chi connectivity index (χ1) is 14.7. The Hall–Kier alpha value is -2.86. The number of halogens is 4. The van der Waals surface area contributed by atoms with Gasteiger partial charge in [0.2, 0.25) is 0 Å². The molecule has 1 nitrogen and oxygen atoms in total. The van der Waals surface area contributed by atoms with E-state index in [0.717, 1.165) is 17.0 Å². The lowest BCUT2D eigenvalue weighted by atomic mass is 10.0. The Morgan fingerprint density at radius 3 is 2.03 bits per heavy atom. The highest BCUT2D eigenvalue weighted by molar-refractivity contribution is 8.02. The zero-order chi connectivity index (χ0) is 22.4. The molecule has 0 amide bonds. The third kappa shape index (κ3) is 6.56. The molecule has 0 aromatic heterocycles. The predicted molar refractivity (Wildman–Crippen MR) is 120 cm³/mol. The largest absolute Gasteiger partial charge is 0.416 e. The van der Waals surface area contributed by atoms with Gasteiger partial charge in [-0.25, -0.2) is 9.38 Å². The molecular weight excluding hydrogens is 422 g/mol. The van der Waals surface area contributed by atoms with Gasteiger partial charge in [0.25, 0.3) is 0 Å². The standard InChI is InChI=1S/C25H21F4NS/c1-17(2)18-5-11-22(12-6-18)30-24(15-16-31-23-13-9-21(26)10-14-23)19-3-7-20(8-4-19)25(27,28)29/h3-17H,1-2H3. The van der Waals surface area contributed by atoms with E-state index in [2.05, 4.69) is 18.8 Å². The summed E-state index contributed by atoms with van der Waals surface area (Å²) in [5, 5.41) is 1.78. The molecule has 0 aliphatic rings. The van der Waals surface area contributed by atoms with Crippen molar-refractivity contribution >= 4 is 23.2 Å². The Labute approximate surface area is 183 Å². The molecule has 0 aliphatic carbocycles. The quantitative estimate of drug-likeness (QED) is 0.212. The number of benzene rings is 3. The van der Waals surface area contributed by atoms with E-state index in [1.54, 1.807) is 23.6 Å². The van der Waals surface area contributed by atoms with E-state index in [-0.39, 0.29) is 5.82 Å². The van der Waals surface area contributed by atoms with E-state index in [0.29, 0.717) is 22.9 Å². The highest BCUT2D eigenvalue weighted by Gasteiger charge is 2.30. The second kappa shape index (κ2) is 9.96. The first kappa shape index (κ1) is 22.8. The number of rotatable bonds is 6. The zero-order valence-electron chi connectivity index (χ0n) is 17.0. The molecule has 160 valence electrons. The minimum Gasteiger partial charge on any atom is -0.248 e. The molecule has 0 N–H and O–H groups in total. The Bertz CT molecular complexity index is 1050. The normalized spacial score (nSPS) is 12.7. The molecule has 3 rings (SSSR count). The number of aliphatic imine (C=N–C) groups is 1. The predicted octanol–water partition coefficient (Wildman–Crippen LogP) is 8.39. The Balaban J connectivity index is 1.90. The van der Waals surface area contributed by atoms with E-state index < -0.39 is 11.7 Å². The van der Waals surface area contributed by atoms with Crippen LogP contribution in [0, 0.1) is 5.82 Å². The molecule has 31 heavy (non-hydrogen) atoms. The van der Waals surface area contributed by atoms with Crippen LogP contribution < -0.4 is 0 Å². The molecule has 0 spiro atoms. The minimum atomic E-state index is -4.39. The lowest BCUT2D eigenvalue weighted by Crippen LogP contribution is -2.05. The maximum atomic E-state index is 13.1. The number of allylic oxidation sites excluding steroid dienone is 1. The summed E-state index contributed by atoms with van der Waals surface area (Å²) in [4.78, 5) is 5.48. The van der Waals surface area contributed by atoms with Crippen LogP contribution in [-0.2, 0) is 6.18 Å². The number of thioether (sulfide) groups is 1. The van der Waals surface area contributed by atoms with E-state index in [1.807, 2.05) is 24.3 Å². The minimum absolute atomic E-state index is 0.315. The van der Waals surface area contributed by atoms with Crippen molar-refractivity contribution in [1.82, 2.24) is 0 Å². The van der Waals surface area contributed by atoms with Gasteiger partial charge in [-0.05, 0) is 71.5 Å². The summed E-state index contributed by atoms with van der Waals surface area (Å²) in [5.41, 5.74) is 2.27. The van der Waals surface area contributed by atoms with E-state index in [4.69, 9.17) is 0 Å². The third-order valence-electron chi connectivity index (χ3n) is 4.56. The SMILES string of the molecule is CC(C)c1ccc(N=C(C=CSc2ccc(F)cc2)c2ccc(C(F)(F)F)cc2)cc1. The Morgan fingerprint density at radius 1 is 0.871 bits per heavy atom. The zero-order valence-corrected chi connectivity index (χ0v) is 17.8. The number of alkyl halides is 3. The van der Waals surface area contributed by atoms with Crippen LogP contribution in [0.1, 0.15) is 36.5 Å². The van der Waals surface area contributed by atoms with Gasteiger partial charge in [0.1, 0.15) is 5.82 Å². The molecule has 0 saturated heterocycles. The van der Waals surface area contributed by atoms with Crippen LogP contribution in [0.5, 0.6) is 0 Å². The van der Waals surface area contributed by atoms with Gasteiger partial charge in [-0.15, -0.1) is 0 Å². The molecule has 0 radical (unpaired) electrons. The summed E-state index contributed by atoms with van der Waals surface area (Å²) in [6, 6.07) is 18.7. The highest BCUT2D eigenvalue weighted by atomic mass is 32.2. The second-order valence-corrected chi connectivity index (χ2v) is 8.17. The number of hydrogen-bond acceptors (Lipinski definition) is 2. The third-order valence-corrected chi connectivity index (χ3v) is 5.38. The molecule has 3 aromatic carbocycles. The molecule has 0 saturated carbocycles. The summed E-state index contributed by atoms with van der Waals surface area (Å²) in [7, 11) is 0. The van der Waals surface area contributed by atoms with Gasteiger partial charge in [-0.3, -0.25) is 0 Å². The van der Waals surface area contributed by atoms with Crippen molar-refractivity contribution in [2.45, 2.75) is 30.8 Å². The maximum Gasteiger partial charge on any atom is 0.416 e. The summed E-state index contributed by atoms with van der Waals surface area (Å²) in [5.74, 6) is 0.0737. The van der Waals surface area contributed by atoms with E-state index >= 15 is 0 Å². The summed E-state index contributed by atoms with van der Waals surface area (Å²) >= 11 is 1.37. The lowest BCUT2D eigenvalue weighted by Gasteiger charge is -2.09. The Morgan fingerprint density at radius 2 is 1.48 bits per heavy atom. The van der Waals surface area contributed by atoms with Crippen molar-refractivity contribution < 1.29 is 17.6 Å². The van der Waals surface area contributed by atoms with Crippen LogP contribution in [0.4, 0.5) is 23.2 Å². The van der Waals surface area contributed by atoms with Gasteiger partial charge in [-0.1, -0.05) is 49.9 Å². The van der Waals surface area contributed by atoms with Crippen LogP contribution in [0.15, 0.2) is 94.2 Å². The van der Waals surface area contributed by atoms with Crippen molar-refractivity contribution in [2.24, 2.45) is 4.99 Å². The fourth-order valence-corrected chi connectivity index (χ4v) is 3.44. The summed E-state index contributed by atoms with van der Waals surface area (Å²) in [6.07, 6.45) is -2.65. The first-order valence-corrected chi connectivity index (χ1v) is 10.6. The number of nitrogens with zero attached hydrogens (tertiary/aromatic N) is 1. The fraction of sp³-hybridized carbons (Fsp3) is 0.160. The van der Waals surface area contributed by atoms with Crippen molar-refractivity contribution in [3.63, 3.8) is 0 Å². The highest BCUT2D eigenvalue weighted by Crippen LogP contribution is 2.30. The summed E-state index contributed by atoms with van der Waals surface area (Å²) < 4.78 is 51.8. The smallest absolute Gasteiger partial charge is 0.248 e. The molecule has 0 fully saturated rings. The fourth-order valence-electron chi connectivity index (χ4n) is 2.79. The molecule has 3 aromatic rings. The van der Waals surface area contributed by atoms with Crippen LogP contribution in [-0.4, -0.2) is 5.71 Å². The van der Waals surface area contributed by atoms with Crippen molar-refractivity contribution in [3.8, 4) is 0 Å². The van der Waals surface area contributed by atoms with Crippen LogP contribution in [0.3, 0.4) is 0 Å². The summed E-state index contributed by atoms with van der Waals surface area (Å²) in [6.45, 7) is 4.20. The van der Waals surface area contributed by atoms with Gasteiger partial charge in [0.05, 0.1) is 17.0 Å². The van der Waals surface area contributed by atoms with Crippen molar-refractivity contribution in [3.05, 3.63) is 107 Å². The molecule has 0 atom stereocenters. The van der Waals surface area contributed by atoms with Crippen LogP contribution in [0.25, 0.3) is 0 Å². The first-order valence-electron chi connectivity index (χ1n) is 9.67. The Kier molecular flexibility index (Phi) is 7.33. The second-order valence-electron chi connectivity index (χ2n) is 7.19. The van der Waals surface area contributed by atoms with Gasteiger partial charge in [0.15, 0.2) is 0 Å². The average Bonchev–Trinajstić information content (AvgIpc) is 2.74. The molecular formula is C25H21F4NS. The number of hydrogen-bond donors (Lipinski definition) is 0. The van der Waals surface area contributed by atoms with Gasteiger partial charge < -0.3 is 0 Å². The van der Waals surface area contributed by atoms with Gasteiger partial charge in [0, 0.05) is 10.5 Å². The molecule has 0 aliphatic heterocycles. The molecule has 0 heterocycles. The topological polar surface area (TPSA) is 12.4 Å². The van der Waals surface area contributed by atoms with Gasteiger partial charge >= 0.3 is 6.18 Å². The average molecular weight is 444 g/mol. The lowest BCUT2D eigenvalue weighted by molar-refractivity contribution is -0.137. The van der Waals surface area contributed by atoms with Crippen LogP contribution in [0.2, 0.25) is 0 Å².